The fourth-order valence-corrected chi connectivity index (χ4v) is 2.66. The first-order valence-corrected chi connectivity index (χ1v) is 5.61. The molecule has 1 aromatic rings. The van der Waals surface area contributed by atoms with E-state index in [1.807, 2.05) is 18.5 Å². The number of nitrogens with zero attached hydrogens (tertiary/aromatic N) is 2. The van der Waals surface area contributed by atoms with E-state index >= 15 is 0 Å². The van der Waals surface area contributed by atoms with Crippen LogP contribution in [0.15, 0.2) is 24.5 Å². The molecule has 80 valence electrons. The molecule has 3 heterocycles. The maximum absolute atomic E-state index is 5.47. The summed E-state index contributed by atoms with van der Waals surface area (Å²) in [4.78, 5) is 6.67. The highest BCUT2D eigenvalue weighted by Crippen LogP contribution is 2.29. The molecule has 0 aliphatic carbocycles. The van der Waals surface area contributed by atoms with Gasteiger partial charge in [-0.05, 0) is 11.6 Å². The van der Waals surface area contributed by atoms with Gasteiger partial charge in [0.25, 0.3) is 0 Å². The lowest BCUT2D eigenvalue weighted by Gasteiger charge is -2.16. The number of aromatic nitrogens is 1. The van der Waals surface area contributed by atoms with Gasteiger partial charge in [0.15, 0.2) is 0 Å². The topological polar surface area (TPSA) is 25.4 Å². The Kier molecular flexibility index (Phi) is 2.43. The van der Waals surface area contributed by atoms with Crippen molar-refractivity contribution in [1.82, 2.24) is 9.88 Å². The normalized spacial score (nSPS) is 30.7. The zero-order valence-electron chi connectivity index (χ0n) is 8.80. The van der Waals surface area contributed by atoms with Crippen LogP contribution >= 0.6 is 0 Å². The van der Waals surface area contributed by atoms with Crippen LogP contribution < -0.4 is 0 Å². The number of rotatable bonds is 2. The molecule has 2 aliphatic heterocycles. The molecule has 3 rings (SSSR count). The second-order valence-electron chi connectivity index (χ2n) is 4.61. The Balaban J connectivity index is 1.62. The highest BCUT2D eigenvalue weighted by Gasteiger charge is 2.36. The van der Waals surface area contributed by atoms with Gasteiger partial charge in [0.05, 0.1) is 13.2 Å². The molecule has 3 nitrogen and oxygen atoms in total. The molecule has 0 spiro atoms. The lowest BCUT2D eigenvalue weighted by atomic mass is 10.0. The van der Waals surface area contributed by atoms with E-state index in [1.54, 1.807) is 0 Å². The summed E-state index contributed by atoms with van der Waals surface area (Å²) in [5.41, 5.74) is 1.32. The minimum atomic E-state index is 0.779. The highest BCUT2D eigenvalue weighted by atomic mass is 16.5. The predicted molar refractivity (Wildman–Crippen MR) is 57.3 cm³/mol. The zero-order chi connectivity index (χ0) is 10.1. The van der Waals surface area contributed by atoms with Gasteiger partial charge in [-0.2, -0.15) is 0 Å². The minimum Gasteiger partial charge on any atom is -0.381 e. The Morgan fingerprint density at radius 1 is 1.33 bits per heavy atom. The summed E-state index contributed by atoms with van der Waals surface area (Å²) in [7, 11) is 0. The van der Waals surface area contributed by atoms with Crippen molar-refractivity contribution in [3.63, 3.8) is 0 Å². The van der Waals surface area contributed by atoms with Crippen LogP contribution in [0, 0.1) is 11.8 Å². The van der Waals surface area contributed by atoms with Crippen molar-refractivity contribution in [3.05, 3.63) is 30.1 Å². The van der Waals surface area contributed by atoms with Crippen molar-refractivity contribution < 1.29 is 4.74 Å². The molecule has 3 heteroatoms. The third-order valence-electron chi connectivity index (χ3n) is 3.44. The van der Waals surface area contributed by atoms with Crippen LogP contribution in [0.1, 0.15) is 5.56 Å². The molecule has 0 bridgehead atoms. The van der Waals surface area contributed by atoms with Gasteiger partial charge in [-0.15, -0.1) is 0 Å². The van der Waals surface area contributed by atoms with Crippen molar-refractivity contribution in [1.29, 1.82) is 0 Å². The SMILES string of the molecule is c1cncc(CN2CC3COCC3C2)c1. The average Bonchev–Trinajstić information content (AvgIpc) is 2.79. The van der Waals surface area contributed by atoms with Crippen LogP contribution in [0.2, 0.25) is 0 Å². The second-order valence-corrected chi connectivity index (χ2v) is 4.61. The number of fused-ring (bicyclic) bond motifs is 1. The van der Waals surface area contributed by atoms with Crippen molar-refractivity contribution >= 4 is 0 Å². The molecule has 2 fully saturated rings. The predicted octanol–water partition coefficient (Wildman–Crippen LogP) is 1.16. The van der Waals surface area contributed by atoms with Crippen LogP contribution in [0.4, 0.5) is 0 Å². The monoisotopic (exact) mass is 204 g/mol. The molecule has 0 radical (unpaired) electrons. The van der Waals surface area contributed by atoms with Gasteiger partial charge in [0.2, 0.25) is 0 Å². The van der Waals surface area contributed by atoms with Crippen molar-refractivity contribution in [2.75, 3.05) is 26.3 Å². The van der Waals surface area contributed by atoms with Gasteiger partial charge in [0.1, 0.15) is 0 Å². The van der Waals surface area contributed by atoms with Crippen LogP contribution in [-0.4, -0.2) is 36.2 Å². The van der Waals surface area contributed by atoms with Crippen molar-refractivity contribution in [2.24, 2.45) is 11.8 Å². The number of hydrogen-bond acceptors (Lipinski definition) is 3. The lowest BCUT2D eigenvalue weighted by molar-refractivity contribution is 0.153. The molecule has 0 saturated carbocycles. The maximum Gasteiger partial charge on any atom is 0.0510 e. The van der Waals surface area contributed by atoms with Gasteiger partial charge in [-0.1, -0.05) is 6.07 Å². The molecule has 0 amide bonds. The van der Waals surface area contributed by atoms with E-state index in [9.17, 15) is 0 Å². The molecule has 2 aliphatic rings. The second kappa shape index (κ2) is 3.91. The largest absolute Gasteiger partial charge is 0.381 e. The van der Waals surface area contributed by atoms with Crippen molar-refractivity contribution in [3.8, 4) is 0 Å². The van der Waals surface area contributed by atoms with E-state index in [0.717, 1.165) is 31.6 Å². The molecular formula is C12H16N2O. The Morgan fingerprint density at radius 3 is 2.80 bits per heavy atom. The molecule has 2 unspecified atom stereocenters. The first kappa shape index (κ1) is 9.31. The van der Waals surface area contributed by atoms with Crippen LogP contribution in [-0.2, 0) is 11.3 Å². The molecule has 1 aromatic heterocycles. The number of hydrogen-bond donors (Lipinski definition) is 0. The lowest BCUT2D eigenvalue weighted by Crippen LogP contribution is -2.22. The third-order valence-corrected chi connectivity index (χ3v) is 3.44. The number of pyridine rings is 1. The van der Waals surface area contributed by atoms with Gasteiger partial charge in [-0.3, -0.25) is 9.88 Å². The smallest absolute Gasteiger partial charge is 0.0510 e. The molecule has 2 saturated heterocycles. The van der Waals surface area contributed by atoms with Gasteiger partial charge < -0.3 is 4.74 Å². The molecular weight excluding hydrogens is 188 g/mol. The van der Waals surface area contributed by atoms with Gasteiger partial charge in [-0.25, -0.2) is 0 Å². The Labute approximate surface area is 90.1 Å². The van der Waals surface area contributed by atoms with E-state index in [-0.39, 0.29) is 0 Å². The van der Waals surface area contributed by atoms with E-state index in [2.05, 4.69) is 16.0 Å². The van der Waals surface area contributed by atoms with Gasteiger partial charge >= 0.3 is 0 Å². The fourth-order valence-electron chi connectivity index (χ4n) is 2.66. The van der Waals surface area contributed by atoms with Crippen molar-refractivity contribution in [2.45, 2.75) is 6.54 Å². The van der Waals surface area contributed by atoms with Crippen LogP contribution in [0.25, 0.3) is 0 Å². The first-order valence-electron chi connectivity index (χ1n) is 5.61. The fraction of sp³-hybridized carbons (Fsp3) is 0.583. The Bertz CT molecular complexity index is 316. The van der Waals surface area contributed by atoms with E-state index in [1.165, 1.54) is 18.7 Å². The quantitative estimate of drug-likeness (QED) is 0.723. The zero-order valence-corrected chi connectivity index (χ0v) is 8.80. The summed E-state index contributed by atoms with van der Waals surface area (Å²) in [5.74, 6) is 1.56. The molecule has 0 N–H and O–H groups in total. The van der Waals surface area contributed by atoms with Gasteiger partial charge in [0, 0.05) is 43.9 Å². The Morgan fingerprint density at radius 2 is 2.13 bits per heavy atom. The molecule has 2 atom stereocenters. The number of likely N-dealkylation sites (tertiary alicyclic amines) is 1. The summed E-state index contributed by atoms with van der Waals surface area (Å²) in [5, 5.41) is 0. The first-order chi connectivity index (χ1) is 7.42. The Hall–Kier alpha value is -0.930. The maximum atomic E-state index is 5.47. The van der Waals surface area contributed by atoms with Crippen LogP contribution in [0.5, 0.6) is 0 Å². The summed E-state index contributed by atoms with van der Waals surface area (Å²) < 4.78 is 5.47. The molecule has 15 heavy (non-hydrogen) atoms. The minimum absolute atomic E-state index is 0.779. The van der Waals surface area contributed by atoms with E-state index in [4.69, 9.17) is 4.74 Å². The highest BCUT2D eigenvalue weighted by molar-refractivity contribution is 5.08. The summed E-state index contributed by atoms with van der Waals surface area (Å²) >= 11 is 0. The summed E-state index contributed by atoms with van der Waals surface area (Å²) in [6, 6.07) is 4.16. The van der Waals surface area contributed by atoms with E-state index in [0.29, 0.717) is 0 Å². The van der Waals surface area contributed by atoms with Crippen LogP contribution in [0.3, 0.4) is 0 Å². The summed E-state index contributed by atoms with van der Waals surface area (Å²) in [6.45, 7) is 5.36. The molecule has 0 aromatic carbocycles. The standard InChI is InChI=1S/C12H16N2O/c1-2-10(4-13-3-1)5-14-6-11-8-15-9-12(11)7-14/h1-4,11-12H,5-9H2. The number of ether oxygens (including phenoxy) is 1. The third kappa shape index (κ3) is 1.90. The van der Waals surface area contributed by atoms with E-state index < -0.39 is 0 Å². The average molecular weight is 204 g/mol. The summed E-state index contributed by atoms with van der Waals surface area (Å²) in [6.07, 6.45) is 3.79.